The van der Waals surface area contributed by atoms with Crippen molar-refractivity contribution >= 4 is 17.6 Å². The Bertz CT molecular complexity index is 900. The molecule has 1 heterocycles. The molecule has 2 unspecified atom stereocenters. The summed E-state index contributed by atoms with van der Waals surface area (Å²) in [5.74, 6) is -5.45. The van der Waals surface area contributed by atoms with Crippen LogP contribution in [0.5, 0.6) is 0 Å². The van der Waals surface area contributed by atoms with Crippen molar-refractivity contribution in [3.63, 3.8) is 0 Å². The maximum absolute atomic E-state index is 13.1. The molecule has 5 atom stereocenters. The normalized spacial score (nSPS) is 30.1. The van der Waals surface area contributed by atoms with Gasteiger partial charge in [0.25, 0.3) is 0 Å². The summed E-state index contributed by atoms with van der Waals surface area (Å²) in [4.78, 5) is 39.5. The Morgan fingerprint density at radius 2 is 2.11 bits per heavy atom. The molecule has 2 rings (SSSR count). The smallest absolute Gasteiger partial charge is 0.249 e. The van der Waals surface area contributed by atoms with Gasteiger partial charge in [-0.3, -0.25) is 14.4 Å². The first kappa shape index (κ1) is 14.8. The Hall–Kier alpha value is -2.21. The van der Waals surface area contributed by atoms with Gasteiger partial charge in [0.15, 0.2) is 5.78 Å². The molecule has 0 radical (unpaired) electrons. The molecule has 0 spiro atoms. The highest BCUT2D eigenvalue weighted by atomic mass is 16.3. The van der Waals surface area contributed by atoms with Gasteiger partial charge >= 0.3 is 0 Å². The molecule has 6 nitrogen and oxygen atoms in total. The van der Waals surface area contributed by atoms with Crippen molar-refractivity contribution in [1.82, 2.24) is 10.2 Å². The van der Waals surface area contributed by atoms with Crippen molar-refractivity contribution in [2.75, 3.05) is 7.05 Å². The Labute approximate surface area is 168 Å². The molecular formula is C21H30N2O4. The molecule has 6 heteroatoms. The lowest BCUT2D eigenvalue weighted by molar-refractivity contribution is -0.138. The lowest BCUT2D eigenvalue weighted by Crippen LogP contribution is -2.44. The van der Waals surface area contributed by atoms with E-state index in [1.165, 1.54) is 18.9 Å². The maximum Gasteiger partial charge on any atom is 0.249 e. The molecule has 1 aromatic carbocycles. The number of hydrogen-bond donors (Lipinski definition) is 2. The standard InChI is InChI=1S/C21H30N2O4/c1-12(2)19(25)17(24)10-13(3)20(26)22-18-16-9-7-6-8-15(16)11-14(4)23(5)21(18)27/h6-9,12-14,18-19,25H,10-11H2,1-5H3,(H,22,26)/t13-,14?,18+,19+/m1/s1/i1D3,12D,14D/t12?,13-,14?,18+,19+. The van der Waals surface area contributed by atoms with Crippen LogP contribution < -0.4 is 5.32 Å². The Morgan fingerprint density at radius 1 is 1.44 bits per heavy atom. The van der Waals surface area contributed by atoms with Crippen LogP contribution in [0.2, 0.25) is 0 Å². The van der Waals surface area contributed by atoms with E-state index in [9.17, 15) is 19.5 Å². The number of nitrogens with zero attached hydrogens (tertiary/aromatic N) is 1. The van der Waals surface area contributed by atoms with E-state index in [-0.39, 0.29) is 6.42 Å². The molecule has 1 aliphatic rings. The van der Waals surface area contributed by atoms with E-state index in [1.54, 1.807) is 31.2 Å². The minimum Gasteiger partial charge on any atom is -0.385 e. The summed E-state index contributed by atoms with van der Waals surface area (Å²) in [5.41, 5.74) is 1.31. The second kappa shape index (κ2) is 8.65. The number of benzene rings is 1. The van der Waals surface area contributed by atoms with Crippen LogP contribution in [0, 0.1) is 11.8 Å². The molecule has 1 aromatic rings. The van der Waals surface area contributed by atoms with Crippen molar-refractivity contribution in [3.8, 4) is 0 Å². The Kier molecular flexibility index (Phi) is 4.74. The predicted molar refractivity (Wildman–Crippen MR) is 103 cm³/mol. The molecule has 0 aromatic heterocycles. The summed E-state index contributed by atoms with van der Waals surface area (Å²) >= 11 is 0. The van der Waals surface area contributed by atoms with Gasteiger partial charge in [-0.25, -0.2) is 0 Å². The SMILES string of the molecule is [2H]C1(C)Cc2ccccc2[C@H](NC(=O)[C@H](C)CC(=O)[C@@H](O)C([2H])(C)C([2H])([2H])[2H])C(=O)N1C. The van der Waals surface area contributed by atoms with Gasteiger partial charge in [-0.2, -0.15) is 0 Å². The van der Waals surface area contributed by atoms with Crippen molar-refractivity contribution < 1.29 is 26.3 Å². The third-order valence-electron chi connectivity index (χ3n) is 4.92. The zero-order valence-corrected chi connectivity index (χ0v) is 16.1. The van der Waals surface area contributed by atoms with Crippen LogP contribution in [0.15, 0.2) is 24.3 Å². The van der Waals surface area contributed by atoms with Crippen LogP contribution in [0.3, 0.4) is 0 Å². The number of Topliss-reactive ketones (excluding diaryl/α,β-unsaturated/α-hetero) is 1. The number of carbonyl (C=O) groups excluding carboxylic acids is 3. The zero-order chi connectivity index (χ0) is 24.6. The summed E-state index contributed by atoms with van der Waals surface area (Å²) in [7, 11) is 1.49. The lowest BCUT2D eigenvalue weighted by Gasteiger charge is -2.26. The number of aliphatic hydroxyl groups is 1. The largest absolute Gasteiger partial charge is 0.385 e. The van der Waals surface area contributed by atoms with Crippen molar-refractivity contribution in [1.29, 1.82) is 0 Å². The molecule has 0 fully saturated rings. The summed E-state index contributed by atoms with van der Waals surface area (Å²) < 4.78 is 38.4. The third-order valence-corrected chi connectivity index (χ3v) is 4.92. The van der Waals surface area contributed by atoms with Gasteiger partial charge in [-0.05, 0) is 30.4 Å². The fourth-order valence-electron chi connectivity index (χ4n) is 3.06. The molecule has 1 aliphatic heterocycles. The fraction of sp³-hybridized carbons (Fsp3) is 0.571. The van der Waals surface area contributed by atoms with Crippen molar-refractivity contribution in [2.24, 2.45) is 11.8 Å². The molecule has 0 bridgehead atoms. The second-order valence-electron chi connectivity index (χ2n) is 7.11. The maximum atomic E-state index is 13.1. The molecular weight excluding hydrogens is 344 g/mol. The average molecular weight is 380 g/mol. The fourth-order valence-corrected chi connectivity index (χ4v) is 3.06. The minimum atomic E-state index is -2.89. The van der Waals surface area contributed by atoms with Crippen molar-refractivity contribution in [3.05, 3.63) is 35.4 Å². The van der Waals surface area contributed by atoms with Gasteiger partial charge in [-0.15, -0.1) is 0 Å². The first-order valence-electron chi connectivity index (χ1n) is 11.4. The highest BCUT2D eigenvalue weighted by Crippen LogP contribution is 2.27. The van der Waals surface area contributed by atoms with Crippen LogP contribution in [0.1, 0.15) is 58.1 Å². The van der Waals surface area contributed by atoms with E-state index in [4.69, 9.17) is 6.85 Å². The summed E-state index contributed by atoms with van der Waals surface area (Å²) in [5, 5.41) is 12.8. The van der Waals surface area contributed by atoms with Gasteiger partial charge in [0.1, 0.15) is 12.1 Å². The molecule has 2 N–H and O–H groups in total. The van der Waals surface area contributed by atoms with Gasteiger partial charge in [0, 0.05) is 30.9 Å². The number of rotatable bonds is 6. The predicted octanol–water partition coefficient (Wildman–Crippen LogP) is 1.86. The number of nitrogens with one attached hydrogen (secondary N) is 1. The highest BCUT2D eigenvalue weighted by molar-refractivity contribution is 5.93. The van der Waals surface area contributed by atoms with Crippen LogP contribution >= 0.6 is 0 Å². The molecule has 0 saturated carbocycles. The molecule has 0 saturated heterocycles. The third kappa shape index (κ3) is 4.75. The highest BCUT2D eigenvalue weighted by Gasteiger charge is 2.34. The quantitative estimate of drug-likeness (QED) is 0.790. The van der Waals surface area contributed by atoms with Crippen LogP contribution in [0.4, 0.5) is 0 Å². The van der Waals surface area contributed by atoms with E-state index in [1.807, 2.05) is 0 Å². The van der Waals surface area contributed by atoms with E-state index in [0.717, 1.165) is 12.5 Å². The van der Waals surface area contributed by atoms with E-state index in [0.29, 0.717) is 5.56 Å². The molecule has 148 valence electrons. The van der Waals surface area contributed by atoms with Gasteiger partial charge < -0.3 is 15.3 Å². The van der Waals surface area contributed by atoms with E-state index in [2.05, 4.69) is 5.32 Å². The summed E-state index contributed by atoms with van der Waals surface area (Å²) in [6.07, 6.45) is -2.32. The minimum absolute atomic E-state index is 0.273. The summed E-state index contributed by atoms with van der Waals surface area (Å²) in [6, 6.07) is 4.74. The van der Waals surface area contributed by atoms with Crippen LogP contribution in [-0.4, -0.2) is 46.8 Å². The number of hydrogen-bond acceptors (Lipinski definition) is 4. The Morgan fingerprint density at radius 3 is 2.78 bits per heavy atom. The lowest BCUT2D eigenvalue weighted by atomic mass is 9.94. The number of ketones is 1. The van der Waals surface area contributed by atoms with Crippen molar-refractivity contribution in [2.45, 2.75) is 58.6 Å². The number of aliphatic hydroxyl groups excluding tert-OH is 1. The molecule has 2 amide bonds. The average Bonchev–Trinajstić information content (AvgIpc) is 2.75. The number of carbonyl (C=O) groups is 3. The topological polar surface area (TPSA) is 86.7 Å². The Balaban J connectivity index is 2.21. The van der Waals surface area contributed by atoms with Crippen LogP contribution in [0.25, 0.3) is 0 Å². The van der Waals surface area contributed by atoms with Gasteiger partial charge in [-0.1, -0.05) is 45.0 Å². The monoisotopic (exact) mass is 379 g/mol. The number of likely N-dealkylation sites (N-methyl/N-ethyl adjacent to an activating group) is 1. The second-order valence-corrected chi connectivity index (χ2v) is 7.11. The first-order valence-corrected chi connectivity index (χ1v) is 8.87. The first-order chi connectivity index (χ1) is 14.5. The van der Waals surface area contributed by atoms with Gasteiger partial charge in [0.2, 0.25) is 11.8 Å². The zero-order valence-electron chi connectivity index (χ0n) is 21.1. The van der Waals surface area contributed by atoms with E-state index >= 15 is 0 Å². The molecule has 27 heavy (non-hydrogen) atoms. The molecule has 0 aliphatic carbocycles. The number of amides is 2. The van der Waals surface area contributed by atoms with Gasteiger partial charge in [0.05, 0.1) is 1.37 Å². The van der Waals surface area contributed by atoms with E-state index < -0.39 is 60.8 Å². The summed E-state index contributed by atoms with van der Waals surface area (Å²) in [6.45, 7) is 1.08. The number of fused-ring (bicyclic) bond motifs is 1. The van der Waals surface area contributed by atoms with Crippen LogP contribution in [-0.2, 0) is 20.8 Å².